The minimum atomic E-state index is 0.536. The monoisotopic (exact) mass is 393 g/mol. The Bertz CT molecular complexity index is 691. The quantitative estimate of drug-likeness (QED) is 0.427. The third-order valence-electron chi connectivity index (χ3n) is 4.25. The molecule has 0 saturated heterocycles. The number of allylic oxidation sites excluding steroid dienone is 2. The van der Waals surface area contributed by atoms with Crippen LogP contribution in [0, 0.1) is 5.92 Å². The first-order chi connectivity index (χ1) is 13.5. The van der Waals surface area contributed by atoms with Gasteiger partial charge in [-0.3, -0.25) is 0 Å². The maximum Gasteiger partial charge on any atom is 0.0159 e. The van der Waals surface area contributed by atoms with Crippen LogP contribution in [0.5, 0.6) is 0 Å². The van der Waals surface area contributed by atoms with E-state index in [4.69, 9.17) is 0 Å². The van der Waals surface area contributed by atoms with Gasteiger partial charge >= 0.3 is 0 Å². The van der Waals surface area contributed by atoms with Gasteiger partial charge in [0.25, 0.3) is 0 Å². The lowest BCUT2D eigenvalue weighted by molar-refractivity contribution is 0.738. The van der Waals surface area contributed by atoms with E-state index < -0.39 is 0 Å². The van der Waals surface area contributed by atoms with E-state index in [-0.39, 0.29) is 0 Å². The maximum absolute atomic E-state index is 4.00. The molecule has 1 nitrogen and oxygen atoms in total. The van der Waals surface area contributed by atoms with Crippen LogP contribution in [0.3, 0.4) is 0 Å². The largest absolute Gasteiger partial charge is 0.316 e. The van der Waals surface area contributed by atoms with E-state index in [1.807, 2.05) is 37.9 Å². The predicted octanol–water partition coefficient (Wildman–Crippen LogP) is 6.69. The van der Waals surface area contributed by atoms with Crippen LogP contribution in [-0.4, -0.2) is 19.3 Å². The molecule has 1 unspecified atom stereocenters. The molecule has 0 fully saturated rings. The molecule has 2 rings (SSSR count). The van der Waals surface area contributed by atoms with Gasteiger partial charge < -0.3 is 5.32 Å². The standard InChI is InChI=1S/C14H18S.C12H17N/c1-4-13(11-15-12(2)3)10-14-8-6-5-7-9-14;1-11(10-13-2)8-9-12-6-4-3-5-7-12/h4-9,13H,1-2,10-11H2,3H3;3-7,13H,1,8-10H2,2H3. The Morgan fingerprint density at radius 1 is 1.00 bits per heavy atom. The summed E-state index contributed by atoms with van der Waals surface area (Å²) in [6.07, 6.45) is 5.29. The Morgan fingerprint density at radius 2 is 1.57 bits per heavy atom. The first-order valence-electron chi connectivity index (χ1n) is 9.85. The first kappa shape index (κ1) is 24.0. The Kier molecular flexibility index (Phi) is 12.8. The number of hydrogen-bond donors (Lipinski definition) is 1. The molecule has 0 aliphatic carbocycles. The van der Waals surface area contributed by atoms with Crippen LogP contribution in [0.1, 0.15) is 24.5 Å². The average Bonchev–Trinajstić information content (AvgIpc) is 2.72. The van der Waals surface area contributed by atoms with Gasteiger partial charge in [0.2, 0.25) is 0 Å². The minimum absolute atomic E-state index is 0.536. The zero-order valence-corrected chi connectivity index (χ0v) is 18.3. The minimum Gasteiger partial charge on any atom is -0.316 e. The molecule has 0 amide bonds. The van der Waals surface area contributed by atoms with Crippen molar-refractivity contribution in [2.24, 2.45) is 5.92 Å². The van der Waals surface area contributed by atoms with Gasteiger partial charge in [0.1, 0.15) is 0 Å². The highest BCUT2D eigenvalue weighted by atomic mass is 32.2. The van der Waals surface area contributed by atoms with E-state index in [0.29, 0.717) is 5.92 Å². The van der Waals surface area contributed by atoms with Gasteiger partial charge in [-0.25, -0.2) is 0 Å². The highest BCUT2D eigenvalue weighted by Crippen LogP contribution is 2.20. The molecule has 0 spiro atoms. The Balaban J connectivity index is 0.000000283. The van der Waals surface area contributed by atoms with Crippen LogP contribution >= 0.6 is 11.8 Å². The molecule has 2 heteroatoms. The van der Waals surface area contributed by atoms with E-state index in [1.54, 1.807) is 0 Å². The molecular weight excluding hydrogens is 358 g/mol. The summed E-state index contributed by atoms with van der Waals surface area (Å²) in [6, 6.07) is 21.1. The molecule has 28 heavy (non-hydrogen) atoms. The van der Waals surface area contributed by atoms with Crippen molar-refractivity contribution < 1.29 is 0 Å². The van der Waals surface area contributed by atoms with Crippen molar-refractivity contribution in [3.8, 4) is 0 Å². The Labute approximate surface area is 176 Å². The van der Waals surface area contributed by atoms with E-state index in [2.05, 4.69) is 79.7 Å². The zero-order valence-electron chi connectivity index (χ0n) is 17.5. The molecule has 0 aliphatic rings. The summed E-state index contributed by atoms with van der Waals surface area (Å²) < 4.78 is 0. The summed E-state index contributed by atoms with van der Waals surface area (Å²) in [6.45, 7) is 14.8. The van der Waals surface area contributed by atoms with Gasteiger partial charge in [0.05, 0.1) is 0 Å². The van der Waals surface area contributed by atoms with Gasteiger partial charge in [-0.15, -0.1) is 18.3 Å². The van der Waals surface area contributed by atoms with Crippen LogP contribution < -0.4 is 5.32 Å². The first-order valence-corrected chi connectivity index (χ1v) is 10.8. The number of nitrogens with one attached hydrogen (secondary N) is 1. The highest BCUT2D eigenvalue weighted by molar-refractivity contribution is 8.03. The molecule has 0 bridgehead atoms. The van der Waals surface area contributed by atoms with Crippen LogP contribution in [0.2, 0.25) is 0 Å². The van der Waals surface area contributed by atoms with Gasteiger partial charge in [-0.05, 0) is 55.2 Å². The third kappa shape index (κ3) is 11.6. The predicted molar refractivity (Wildman–Crippen MR) is 129 cm³/mol. The summed E-state index contributed by atoms with van der Waals surface area (Å²) in [4.78, 5) is 1.18. The molecule has 0 radical (unpaired) electrons. The molecule has 0 heterocycles. The van der Waals surface area contributed by atoms with Crippen molar-refractivity contribution in [3.05, 3.63) is 108 Å². The second-order valence-corrected chi connectivity index (χ2v) is 8.28. The number of thioether (sulfide) groups is 1. The number of benzene rings is 2. The topological polar surface area (TPSA) is 12.0 Å². The van der Waals surface area contributed by atoms with Crippen molar-refractivity contribution in [3.63, 3.8) is 0 Å². The maximum atomic E-state index is 4.00. The van der Waals surface area contributed by atoms with Crippen LogP contribution in [0.4, 0.5) is 0 Å². The number of likely N-dealkylation sites (N-methyl/N-ethyl adjacent to an activating group) is 1. The normalized spacial score (nSPS) is 11.1. The van der Waals surface area contributed by atoms with E-state index in [1.165, 1.54) is 21.6 Å². The van der Waals surface area contributed by atoms with E-state index in [9.17, 15) is 0 Å². The SMILES string of the molecule is C=C(CCc1ccccc1)CNC.C=CC(CSC(=C)C)Cc1ccccc1. The molecule has 2 aromatic rings. The summed E-state index contributed by atoms with van der Waals surface area (Å²) in [5, 5.41) is 3.10. The van der Waals surface area contributed by atoms with Crippen molar-refractivity contribution in [2.75, 3.05) is 19.3 Å². The fraction of sp³-hybridized carbons (Fsp3) is 0.308. The van der Waals surface area contributed by atoms with Gasteiger partial charge in [0, 0.05) is 12.3 Å². The number of hydrogen-bond acceptors (Lipinski definition) is 2. The lowest BCUT2D eigenvalue weighted by Crippen LogP contribution is -2.10. The van der Waals surface area contributed by atoms with Crippen LogP contribution in [-0.2, 0) is 12.8 Å². The molecule has 1 atom stereocenters. The van der Waals surface area contributed by atoms with Crippen molar-refractivity contribution in [1.82, 2.24) is 5.32 Å². The van der Waals surface area contributed by atoms with Gasteiger partial charge in [-0.1, -0.05) is 85.5 Å². The molecule has 150 valence electrons. The molecule has 0 saturated carbocycles. The number of rotatable bonds is 11. The fourth-order valence-corrected chi connectivity index (χ4v) is 3.43. The zero-order chi connectivity index (χ0) is 20.6. The van der Waals surface area contributed by atoms with Crippen molar-refractivity contribution in [1.29, 1.82) is 0 Å². The molecule has 1 N–H and O–H groups in total. The molecule has 0 aromatic heterocycles. The summed E-state index contributed by atoms with van der Waals surface area (Å²) in [5.74, 6) is 1.61. The van der Waals surface area contributed by atoms with Crippen molar-refractivity contribution in [2.45, 2.75) is 26.2 Å². The van der Waals surface area contributed by atoms with Crippen molar-refractivity contribution >= 4 is 11.8 Å². The molecule has 0 aliphatic heterocycles. The van der Waals surface area contributed by atoms with E-state index in [0.717, 1.165) is 31.6 Å². The molecular formula is C26H35NS. The van der Waals surface area contributed by atoms with Crippen LogP contribution in [0.15, 0.2) is 97.0 Å². The molecule has 2 aromatic carbocycles. The second kappa shape index (κ2) is 15.0. The van der Waals surface area contributed by atoms with Gasteiger partial charge in [-0.2, -0.15) is 0 Å². The summed E-state index contributed by atoms with van der Waals surface area (Å²) >= 11 is 1.82. The number of aryl methyl sites for hydroxylation is 1. The summed E-state index contributed by atoms with van der Waals surface area (Å²) in [5.41, 5.74) is 4.04. The summed E-state index contributed by atoms with van der Waals surface area (Å²) in [7, 11) is 1.95. The lowest BCUT2D eigenvalue weighted by atomic mass is 10.0. The van der Waals surface area contributed by atoms with E-state index >= 15 is 0 Å². The Hall–Kier alpha value is -2.03. The highest BCUT2D eigenvalue weighted by Gasteiger charge is 2.05. The fourth-order valence-electron chi connectivity index (χ4n) is 2.68. The van der Waals surface area contributed by atoms with Gasteiger partial charge in [0.15, 0.2) is 0 Å². The lowest BCUT2D eigenvalue weighted by Gasteiger charge is -2.11. The van der Waals surface area contributed by atoms with Crippen LogP contribution in [0.25, 0.3) is 0 Å². The second-order valence-electron chi connectivity index (χ2n) is 6.96. The Morgan fingerprint density at radius 3 is 2.07 bits per heavy atom. The third-order valence-corrected chi connectivity index (χ3v) is 5.34. The average molecular weight is 394 g/mol. The smallest absolute Gasteiger partial charge is 0.0159 e.